The van der Waals surface area contributed by atoms with Gasteiger partial charge in [0.25, 0.3) is 5.91 Å². The lowest BCUT2D eigenvalue weighted by Crippen LogP contribution is -2.30. The van der Waals surface area contributed by atoms with E-state index in [0.717, 1.165) is 36.6 Å². The maximum Gasteiger partial charge on any atom is 0.256 e. The Balaban J connectivity index is 1.90. The number of nitrogens with zero attached hydrogens (tertiary/aromatic N) is 3. The minimum Gasteiger partial charge on any atom is -0.338 e. The van der Waals surface area contributed by atoms with Crippen LogP contribution in [0.25, 0.3) is 5.69 Å². The first-order chi connectivity index (χ1) is 11.5. The highest BCUT2D eigenvalue weighted by atomic mass is 16.2. The molecule has 1 aliphatic rings. The smallest absolute Gasteiger partial charge is 0.256 e. The van der Waals surface area contributed by atoms with Crippen LogP contribution in [0.4, 0.5) is 0 Å². The Morgan fingerprint density at radius 3 is 2.71 bits per heavy atom. The second-order valence-electron chi connectivity index (χ2n) is 6.88. The average molecular weight is 326 g/mol. The van der Waals surface area contributed by atoms with Crippen LogP contribution < -0.4 is 5.73 Å². The first kappa shape index (κ1) is 16.7. The van der Waals surface area contributed by atoms with Gasteiger partial charge >= 0.3 is 0 Å². The Labute approximate surface area is 143 Å². The number of hydrogen-bond acceptors (Lipinski definition) is 3. The van der Waals surface area contributed by atoms with Crippen LogP contribution in [0.3, 0.4) is 0 Å². The molecule has 0 spiro atoms. The standard InChI is InChI=1S/C19H26N4O/c1-13-11-22(12-16(13)8-9-20)19(24)17-6-4-5-7-18(17)23-15(3)10-14(2)21-23/h4-7,10,13,16H,8-9,11-12,20H2,1-3H3/t13-,16-/m1/s1. The van der Waals surface area contributed by atoms with Crippen molar-refractivity contribution in [1.29, 1.82) is 0 Å². The van der Waals surface area contributed by atoms with E-state index >= 15 is 0 Å². The molecule has 24 heavy (non-hydrogen) atoms. The Hall–Kier alpha value is -2.14. The number of benzene rings is 1. The van der Waals surface area contributed by atoms with Gasteiger partial charge in [-0.05, 0) is 56.8 Å². The van der Waals surface area contributed by atoms with E-state index in [0.29, 0.717) is 23.9 Å². The van der Waals surface area contributed by atoms with E-state index in [1.165, 1.54) is 0 Å². The van der Waals surface area contributed by atoms with Crippen LogP contribution >= 0.6 is 0 Å². The van der Waals surface area contributed by atoms with Gasteiger partial charge in [-0.25, -0.2) is 4.68 Å². The summed E-state index contributed by atoms with van der Waals surface area (Å²) >= 11 is 0. The van der Waals surface area contributed by atoms with Gasteiger partial charge in [0.2, 0.25) is 0 Å². The second-order valence-corrected chi connectivity index (χ2v) is 6.88. The Morgan fingerprint density at radius 1 is 1.29 bits per heavy atom. The predicted molar refractivity (Wildman–Crippen MR) is 95.3 cm³/mol. The SMILES string of the molecule is Cc1cc(C)n(-c2ccccc2C(=O)N2C[C@@H](CCN)[C@H](C)C2)n1. The fourth-order valence-corrected chi connectivity index (χ4v) is 3.67. The van der Waals surface area contributed by atoms with Crippen molar-refractivity contribution in [2.45, 2.75) is 27.2 Å². The summed E-state index contributed by atoms with van der Waals surface area (Å²) in [7, 11) is 0. The van der Waals surface area contributed by atoms with Crippen LogP contribution in [0.5, 0.6) is 0 Å². The number of aryl methyl sites for hydroxylation is 2. The summed E-state index contributed by atoms with van der Waals surface area (Å²) < 4.78 is 1.86. The fourth-order valence-electron chi connectivity index (χ4n) is 3.67. The van der Waals surface area contributed by atoms with Crippen LogP contribution in [0.1, 0.15) is 35.1 Å². The fraction of sp³-hybridized carbons (Fsp3) is 0.474. The predicted octanol–water partition coefficient (Wildman–Crippen LogP) is 2.55. The molecule has 1 fully saturated rings. The van der Waals surface area contributed by atoms with Crippen molar-refractivity contribution in [3.63, 3.8) is 0 Å². The van der Waals surface area contributed by atoms with E-state index < -0.39 is 0 Å². The lowest BCUT2D eigenvalue weighted by atomic mass is 9.95. The maximum atomic E-state index is 13.1. The van der Waals surface area contributed by atoms with Gasteiger partial charge in [0.1, 0.15) is 0 Å². The normalized spacial score (nSPS) is 20.6. The molecule has 5 heteroatoms. The van der Waals surface area contributed by atoms with Crippen LogP contribution in [0.2, 0.25) is 0 Å². The van der Waals surface area contributed by atoms with E-state index in [1.54, 1.807) is 0 Å². The summed E-state index contributed by atoms with van der Waals surface area (Å²) in [6.07, 6.45) is 0.976. The molecule has 2 N–H and O–H groups in total. The Bertz CT molecular complexity index is 737. The number of amides is 1. The zero-order valence-electron chi connectivity index (χ0n) is 14.7. The van der Waals surface area contributed by atoms with Gasteiger partial charge in [-0.2, -0.15) is 5.10 Å². The zero-order valence-corrected chi connectivity index (χ0v) is 14.7. The highest BCUT2D eigenvalue weighted by Gasteiger charge is 2.33. The molecule has 1 saturated heterocycles. The minimum atomic E-state index is 0.0875. The highest BCUT2D eigenvalue weighted by Crippen LogP contribution is 2.28. The molecule has 0 radical (unpaired) electrons. The molecule has 0 aliphatic carbocycles. The summed E-state index contributed by atoms with van der Waals surface area (Å²) in [5.41, 5.74) is 9.25. The molecule has 0 bridgehead atoms. The van der Waals surface area contributed by atoms with Crippen LogP contribution in [-0.2, 0) is 0 Å². The van der Waals surface area contributed by atoms with E-state index in [-0.39, 0.29) is 5.91 Å². The first-order valence-corrected chi connectivity index (χ1v) is 8.63. The summed E-state index contributed by atoms with van der Waals surface area (Å²) in [5, 5.41) is 4.54. The van der Waals surface area contributed by atoms with Gasteiger partial charge < -0.3 is 10.6 Å². The van der Waals surface area contributed by atoms with Gasteiger partial charge in [0.15, 0.2) is 0 Å². The van der Waals surface area contributed by atoms with Crippen molar-refractivity contribution in [2.24, 2.45) is 17.6 Å². The maximum absolute atomic E-state index is 13.1. The first-order valence-electron chi connectivity index (χ1n) is 8.63. The number of carbonyl (C=O) groups excluding carboxylic acids is 1. The molecule has 1 amide bonds. The molecular formula is C19H26N4O. The second kappa shape index (κ2) is 6.77. The molecule has 3 rings (SSSR count). The molecular weight excluding hydrogens is 300 g/mol. The third-order valence-corrected chi connectivity index (χ3v) is 4.96. The number of likely N-dealkylation sites (tertiary alicyclic amines) is 1. The van der Waals surface area contributed by atoms with E-state index in [4.69, 9.17) is 5.73 Å². The number of rotatable bonds is 4. The summed E-state index contributed by atoms with van der Waals surface area (Å²) in [5.74, 6) is 1.09. The number of para-hydroxylation sites is 1. The van der Waals surface area contributed by atoms with Gasteiger partial charge in [-0.1, -0.05) is 19.1 Å². The molecule has 128 valence electrons. The summed E-state index contributed by atoms with van der Waals surface area (Å²) in [4.78, 5) is 15.1. The van der Waals surface area contributed by atoms with Crippen molar-refractivity contribution in [1.82, 2.24) is 14.7 Å². The Morgan fingerprint density at radius 2 is 2.04 bits per heavy atom. The molecule has 5 nitrogen and oxygen atoms in total. The molecule has 2 heterocycles. The Kier molecular flexibility index (Phi) is 4.71. The van der Waals surface area contributed by atoms with Crippen LogP contribution in [0.15, 0.2) is 30.3 Å². The molecule has 0 saturated carbocycles. The molecule has 1 aromatic carbocycles. The van der Waals surface area contributed by atoms with Gasteiger partial charge in [0, 0.05) is 18.8 Å². The highest BCUT2D eigenvalue weighted by molar-refractivity contribution is 5.98. The van der Waals surface area contributed by atoms with Crippen LogP contribution in [0, 0.1) is 25.7 Å². The van der Waals surface area contributed by atoms with Crippen molar-refractivity contribution in [2.75, 3.05) is 19.6 Å². The summed E-state index contributed by atoms with van der Waals surface area (Å²) in [6, 6.07) is 9.75. The largest absolute Gasteiger partial charge is 0.338 e. The molecule has 2 atom stereocenters. The number of carbonyl (C=O) groups is 1. The lowest BCUT2D eigenvalue weighted by molar-refractivity contribution is 0.0784. The summed E-state index contributed by atoms with van der Waals surface area (Å²) in [6.45, 7) is 8.46. The number of nitrogens with two attached hydrogens (primary N) is 1. The zero-order chi connectivity index (χ0) is 17.3. The molecule has 1 aliphatic heterocycles. The topological polar surface area (TPSA) is 64.2 Å². The number of hydrogen-bond donors (Lipinski definition) is 1. The van der Waals surface area contributed by atoms with E-state index in [2.05, 4.69) is 12.0 Å². The van der Waals surface area contributed by atoms with Crippen LogP contribution in [-0.4, -0.2) is 40.2 Å². The van der Waals surface area contributed by atoms with E-state index in [9.17, 15) is 4.79 Å². The third kappa shape index (κ3) is 3.08. The van der Waals surface area contributed by atoms with Gasteiger partial charge in [-0.15, -0.1) is 0 Å². The van der Waals surface area contributed by atoms with Crippen molar-refractivity contribution < 1.29 is 4.79 Å². The van der Waals surface area contributed by atoms with Gasteiger partial charge in [0.05, 0.1) is 16.9 Å². The van der Waals surface area contributed by atoms with Crippen molar-refractivity contribution in [3.8, 4) is 5.69 Å². The molecule has 2 aromatic rings. The third-order valence-electron chi connectivity index (χ3n) is 4.96. The number of aromatic nitrogens is 2. The van der Waals surface area contributed by atoms with Crippen molar-refractivity contribution >= 4 is 5.91 Å². The van der Waals surface area contributed by atoms with Crippen molar-refractivity contribution in [3.05, 3.63) is 47.3 Å². The monoisotopic (exact) mass is 326 g/mol. The van der Waals surface area contributed by atoms with Gasteiger partial charge in [-0.3, -0.25) is 4.79 Å². The molecule has 1 aromatic heterocycles. The molecule has 0 unspecified atom stereocenters. The minimum absolute atomic E-state index is 0.0875. The lowest BCUT2D eigenvalue weighted by Gasteiger charge is -2.19. The average Bonchev–Trinajstić information content (AvgIpc) is 3.09. The van der Waals surface area contributed by atoms with E-state index in [1.807, 2.05) is 53.8 Å². The quantitative estimate of drug-likeness (QED) is 0.939.